The van der Waals surface area contributed by atoms with Crippen molar-refractivity contribution in [2.24, 2.45) is 0 Å². The molecule has 1 amide bonds. The molecule has 3 rings (SSSR count). The Labute approximate surface area is 158 Å². The van der Waals surface area contributed by atoms with Crippen LogP contribution in [0.1, 0.15) is 0 Å². The van der Waals surface area contributed by atoms with Gasteiger partial charge in [0.1, 0.15) is 11.6 Å². The highest BCUT2D eigenvalue weighted by Gasteiger charge is 2.11. The number of aromatic amines is 1. The lowest BCUT2D eigenvalue weighted by Gasteiger charge is -2.05. The molecule has 0 saturated heterocycles. The molecular formula is C17H14ClFN4O2S. The van der Waals surface area contributed by atoms with E-state index in [-0.39, 0.29) is 17.3 Å². The third-order valence-corrected chi connectivity index (χ3v) is 4.45. The molecule has 6 nitrogen and oxygen atoms in total. The molecule has 0 radical (unpaired) electrons. The second-order valence-electron chi connectivity index (χ2n) is 5.16. The van der Waals surface area contributed by atoms with Gasteiger partial charge in [0, 0.05) is 10.6 Å². The van der Waals surface area contributed by atoms with Crippen molar-refractivity contribution in [3.8, 4) is 17.1 Å². The molecule has 134 valence electrons. The van der Waals surface area contributed by atoms with Crippen LogP contribution in [-0.2, 0) is 4.79 Å². The number of hydrogen-bond acceptors (Lipinski definition) is 5. The first kappa shape index (κ1) is 18.2. The van der Waals surface area contributed by atoms with Crippen LogP contribution in [0.25, 0.3) is 11.4 Å². The Kier molecular flexibility index (Phi) is 5.75. The van der Waals surface area contributed by atoms with Gasteiger partial charge in [0.2, 0.25) is 11.1 Å². The monoisotopic (exact) mass is 392 g/mol. The Morgan fingerprint density at radius 2 is 2.08 bits per heavy atom. The molecule has 0 spiro atoms. The fraction of sp³-hybridized carbons (Fsp3) is 0.118. The van der Waals surface area contributed by atoms with Crippen molar-refractivity contribution in [1.82, 2.24) is 15.2 Å². The smallest absolute Gasteiger partial charge is 0.234 e. The van der Waals surface area contributed by atoms with Crippen molar-refractivity contribution in [2.45, 2.75) is 5.16 Å². The van der Waals surface area contributed by atoms with Crippen molar-refractivity contribution >= 4 is 35.0 Å². The number of anilines is 1. The zero-order valence-electron chi connectivity index (χ0n) is 13.6. The molecule has 2 N–H and O–H groups in total. The molecule has 0 bridgehead atoms. The van der Waals surface area contributed by atoms with Gasteiger partial charge in [0.25, 0.3) is 0 Å². The zero-order valence-corrected chi connectivity index (χ0v) is 15.2. The van der Waals surface area contributed by atoms with Crippen LogP contribution in [-0.4, -0.2) is 34.0 Å². The van der Waals surface area contributed by atoms with Gasteiger partial charge in [0.15, 0.2) is 5.82 Å². The van der Waals surface area contributed by atoms with E-state index >= 15 is 0 Å². The molecule has 0 saturated carbocycles. The number of H-pyrrole nitrogens is 1. The maximum Gasteiger partial charge on any atom is 0.234 e. The van der Waals surface area contributed by atoms with E-state index in [1.54, 1.807) is 7.11 Å². The van der Waals surface area contributed by atoms with E-state index in [2.05, 4.69) is 20.5 Å². The molecule has 1 heterocycles. The number of ether oxygens (including phenoxy) is 1. The lowest BCUT2D eigenvalue weighted by atomic mass is 10.2. The summed E-state index contributed by atoms with van der Waals surface area (Å²) < 4.78 is 18.7. The van der Waals surface area contributed by atoms with Gasteiger partial charge in [-0.05, 0) is 42.5 Å². The summed E-state index contributed by atoms with van der Waals surface area (Å²) in [5.41, 5.74) is 0.882. The number of hydrogen-bond donors (Lipinski definition) is 2. The van der Waals surface area contributed by atoms with Crippen LogP contribution in [0.15, 0.2) is 47.6 Å². The quantitative estimate of drug-likeness (QED) is 0.620. The van der Waals surface area contributed by atoms with E-state index in [0.717, 1.165) is 23.1 Å². The minimum absolute atomic E-state index is 0.0336. The third kappa shape index (κ3) is 4.53. The fourth-order valence-electron chi connectivity index (χ4n) is 2.10. The minimum Gasteiger partial charge on any atom is -0.497 e. The predicted molar refractivity (Wildman–Crippen MR) is 99.1 cm³/mol. The predicted octanol–water partition coefficient (Wildman–Crippen LogP) is 4.00. The average molecular weight is 393 g/mol. The van der Waals surface area contributed by atoms with Crippen molar-refractivity contribution in [3.05, 3.63) is 53.3 Å². The van der Waals surface area contributed by atoms with Gasteiger partial charge in [0.05, 0.1) is 18.6 Å². The third-order valence-electron chi connectivity index (χ3n) is 3.36. The van der Waals surface area contributed by atoms with E-state index < -0.39 is 5.82 Å². The van der Waals surface area contributed by atoms with Crippen molar-refractivity contribution < 1.29 is 13.9 Å². The van der Waals surface area contributed by atoms with Crippen LogP contribution < -0.4 is 10.1 Å². The average Bonchev–Trinajstić information content (AvgIpc) is 3.12. The molecular weight excluding hydrogens is 379 g/mol. The number of nitrogens with one attached hydrogen (secondary N) is 2. The molecule has 0 atom stereocenters. The fourth-order valence-corrected chi connectivity index (χ4v) is 2.87. The van der Waals surface area contributed by atoms with E-state index in [1.807, 2.05) is 24.3 Å². The number of thioether (sulfide) groups is 1. The van der Waals surface area contributed by atoms with Crippen molar-refractivity contribution in [3.63, 3.8) is 0 Å². The minimum atomic E-state index is -0.549. The summed E-state index contributed by atoms with van der Waals surface area (Å²) in [5, 5.41) is 10.1. The van der Waals surface area contributed by atoms with Crippen LogP contribution in [0.3, 0.4) is 0 Å². The summed E-state index contributed by atoms with van der Waals surface area (Å²) in [6.45, 7) is 0. The number of aromatic nitrogens is 3. The molecule has 26 heavy (non-hydrogen) atoms. The summed E-state index contributed by atoms with van der Waals surface area (Å²) in [6.07, 6.45) is 0. The zero-order chi connectivity index (χ0) is 18.5. The Balaban J connectivity index is 1.58. The number of rotatable bonds is 6. The number of carbonyl (C=O) groups excluding carboxylic acids is 1. The van der Waals surface area contributed by atoms with Crippen molar-refractivity contribution in [2.75, 3.05) is 18.2 Å². The highest BCUT2D eigenvalue weighted by atomic mass is 35.5. The molecule has 0 aliphatic carbocycles. The normalized spacial score (nSPS) is 10.6. The molecule has 0 unspecified atom stereocenters. The Morgan fingerprint density at radius 1 is 1.31 bits per heavy atom. The molecule has 2 aromatic carbocycles. The number of carbonyl (C=O) groups is 1. The van der Waals surface area contributed by atoms with Gasteiger partial charge in [-0.3, -0.25) is 9.89 Å². The molecule has 0 aliphatic heterocycles. The Morgan fingerprint density at radius 3 is 2.81 bits per heavy atom. The summed E-state index contributed by atoms with van der Waals surface area (Å²) in [7, 11) is 1.60. The van der Waals surface area contributed by atoms with Gasteiger partial charge in [-0.2, -0.15) is 0 Å². The van der Waals surface area contributed by atoms with Crippen LogP contribution in [0.4, 0.5) is 10.1 Å². The summed E-state index contributed by atoms with van der Waals surface area (Å²) >= 11 is 6.93. The van der Waals surface area contributed by atoms with Gasteiger partial charge in [-0.15, -0.1) is 5.10 Å². The maximum atomic E-state index is 13.6. The van der Waals surface area contributed by atoms with Crippen molar-refractivity contribution in [1.29, 1.82) is 0 Å². The second-order valence-corrected chi connectivity index (χ2v) is 6.54. The summed E-state index contributed by atoms with van der Waals surface area (Å²) in [4.78, 5) is 16.3. The van der Waals surface area contributed by atoms with Crippen LogP contribution in [0.2, 0.25) is 5.02 Å². The first-order chi connectivity index (χ1) is 12.5. The number of methoxy groups -OCH3 is 1. The van der Waals surface area contributed by atoms with Gasteiger partial charge >= 0.3 is 0 Å². The highest BCUT2D eigenvalue weighted by molar-refractivity contribution is 7.99. The van der Waals surface area contributed by atoms with Crippen LogP contribution >= 0.6 is 23.4 Å². The van der Waals surface area contributed by atoms with E-state index in [0.29, 0.717) is 16.0 Å². The molecule has 0 aliphatic rings. The lowest BCUT2D eigenvalue weighted by Crippen LogP contribution is -2.15. The number of benzene rings is 2. The first-order valence-electron chi connectivity index (χ1n) is 7.49. The van der Waals surface area contributed by atoms with Gasteiger partial charge in [-0.25, -0.2) is 9.37 Å². The SMILES string of the molecule is COc1ccc(-c2nc(SCC(=O)Nc3cc(Cl)ccc3F)n[nH]2)cc1. The summed E-state index contributed by atoms with van der Waals surface area (Å²) in [5.74, 6) is 0.426. The highest BCUT2D eigenvalue weighted by Crippen LogP contribution is 2.23. The number of amides is 1. The molecule has 9 heteroatoms. The Hall–Kier alpha value is -2.58. The van der Waals surface area contributed by atoms with Crippen LogP contribution in [0.5, 0.6) is 5.75 Å². The van der Waals surface area contributed by atoms with Gasteiger partial charge in [-0.1, -0.05) is 23.4 Å². The number of nitrogens with zero attached hydrogens (tertiary/aromatic N) is 2. The first-order valence-corrected chi connectivity index (χ1v) is 8.86. The number of halogens is 2. The van der Waals surface area contributed by atoms with E-state index in [4.69, 9.17) is 16.3 Å². The second kappa shape index (κ2) is 8.20. The maximum absolute atomic E-state index is 13.6. The standard InChI is InChI=1S/C17H14ClFN4O2S/c1-25-12-5-2-10(3-6-12)16-21-17(23-22-16)26-9-15(24)20-14-8-11(18)4-7-13(14)19/h2-8H,9H2,1H3,(H,20,24)(H,21,22,23). The summed E-state index contributed by atoms with van der Waals surface area (Å²) in [6, 6.07) is 11.3. The lowest BCUT2D eigenvalue weighted by molar-refractivity contribution is -0.113. The molecule has 1 aromatic heterocycles. The van der Waals surface area contributed by atoms with E-state index in [1.165, 1.54) is 18.2 Å². The Bertz CT molecular complexity index is 917. The van der Waals surface area contributed by atoms with E-state index in [9.17, 15) is 9.18 Å². The largest absolute Gasteiger partial charge is 0.497 e. The van der Waals surface area contributed by atoms with Crippen LogP contribution in [0, 0.1) is 5.82 Å². The van der Waals surface area contributed by atoms with Gasteiger partial charge < -0.3 is 10.1 Å². The molecule has 3 aromatic rings. The molecule has 0 fully saturated rings. The topological polar surface area (TPSA) is 79.9 Å².